The van der Waals surface area contributed by atoms with E-state index in [1.165, 1.54) is 96.8 Å². The third-order valence-electron chi connectivity index (χ3n) is 6.49. The molecule has 0 amide bonds. The van der Waals surface area contributed by atoms with Gasteiger partial charge in [-0.3, -0.25) is 4.90 Å². The van der Waals surface area contributed by atoms with Crippen LogP contribution in [0.2, 0.25) is 0 Å². The summed E-state index contributed by atoms with van der Waals surface area (Å²) < 4.78 is 0. The molecule has 2 heteroatoms. The number of nitrogens with one attached hydrogen (secondary N) is 1. The van der Waals surface area contributed by atoms with Crippen LogP contribution in [0.3, 0.4) is 0 Å². The van der Waals surface area contributed by atoms with E-state index in [-0.39, 0.29) is 0 Å². The predicted octanol–water partition coefficient (Wildman–Crippen LogP) is 4.20. The Balaban J connectivity index is 1.61. The fourth-order valence-corrected chi connectivity index (χ4v) is 5.40. The van der Waals surface area contributed by atoms with Gasteiger partial charge in [-0.25, -0.2) is 0 Å². The van der Waals surface area contributed by atoms with E-state index in [4.69, 9.17) is 0 Å². The minimum atomic E-state index is 0.606. The number of fused-ring (bicyclic) bond motifs is 1. The lowest BCUT2D eigenvalue weighted by molar-refractivity contribution is 0.0244. The molecule has 0 bridgehead atoms. The van der Waals surface area contributed by atoms with Crippen molar-refractivity contribution in [3.8, 4) is 0 Å². The van der Waals surface area contributed by atoms with E-state index in [0.29, 0.717) is 5.41 Å². The molecular formula is C19H36N2. The summed E-state index contributed by atoms with van der Waals surface area (Å²) in [6.07, 6.45) is 16.1. The number of rotatable bonds is 6. The van der Waals surface area contributed by atoms with E-state index in [1.807, 2.05) is 0 Å². The zero-order valence-corrected chi connectivity index (χ0v) is 14.2. The molecule has 0 aromatic heterocycles. The lowest BCUT2D eigenvalue weighted by Crippen LogP contribution is -2.52. The fraction of sp³-hybridized carbons (Fsp3) is 1.00. The number of likely N-dealkylation sites (tertiary alicyclic amines) is 1. The maximum atomic E-state index is 3.75. The predicted molar refractivity (Wildman–Crippen MR) is 90.6 cm³/mol. The van der Waals surface area contributed by atoms with Crippen LogP contribution in [0.25, 0.3) is 0 Å². The number of nitrogens with zero attached hydrogens (tertiary/aromatic N) is 1. The fourth-order valence-electron chi connectivity index (χ4n) is 5.40. The third-order valence-corrected chi connectivity index (χ3v) is 6.49. The molecule has 1 saturated heterocycles. The van der Waals surface area contributed by atoms with Gasteiger partial charge in [0.1, 0.15) is 0 Å². The van der Waals surface area contributed by atoms with E-state index in [1.54, 1.807) is 0 Å². The summed E-state index contributed by atoms with van der Waals surface area (Å²) in [7, 11) is 0. The van der Waals surface area contributed by atoms with Crippen LogP contribution in [0.15, 0.2) is 0 Å². The first-order valence-electron chi connectivity index (χ1n) is 9.78. The van der Waals surface area contributed by atoms with Crippen molar-refractivity contribution >= 4 is 0 Å². The first-order chi connectivity index (χ1) is 10.3. The maximum absolute atomic E-state index is 3.75. The maximum Gasteiger partial charge on any atom is 0.0124 e. The molecule has 2 atom stereocenters. The average Bonchev–Trinajstić information content (AvgIpc) is 2.97. The Morgan fingerprint density at radius 3 is 2.57 bits per heavy atom. The van der Waals surface area contributed by atoms with Crippen molar-refractivity contribution in [3.63, 3.8) is 0 Å². The Hall–Kier alpha value is -0.0800. The molecule has 3 rings (SSSR count). The molecule has 2 saturated carbocycles. The Morgan fingerprint density at radius 1 is 1.00 bits per heavy atom. The zero-order chi connectivity index (χ0) is 14.5. The van der Waals surface area contributed by atoms with E-state index in [9.17, 15) is 0 Å². The highest BCUT2D eigenvalue weighted by molar-refractivity contribution is 4.94. The Morgan fingerprint density at radius 2 is 1.76 bits per heavy atom. The average molecular weight is 293 g/mol. The molecule has 2 aliphatic carbocycles. The summed E-state index contributed by atoms with van der Waals surface area (Å²) in [5, 5.41) is 3.75. The Bertz CT molecular complexity index is 307. The van der Waals surface area contributed by atoms with E-state index in [2.05, 4.69) is 17.1 Å². The normalized spacial score (nSPS) is 33.0. The monoisotopic (exact) mass is 292 g/mol. The lowest BCUT2D eigenvalue weighted by Gasteiger charge is -2.47. The second-order valence-electron chi connectivity index (χ2n) is 8.11. The van der Waals surface area contributed by atoms with Crippen LogP contribution in [0.1, 0.15) is 77.6 Å². The van der Waals surface area contributed by atoms with Crippen molar-refractivity contribution < 1.29 is 0 Å². The number of hydrogen-bond donors (Lipinski definition) is 1. The molecule has 3 fully saturated rings. The molecule has 122 valence electrons. The molecule has 0 aromatic rings. The van der Waals surface area contributed by atoms with Crippen molar-refractivity contribution in [2.24, 2.45) is 11.3 Å². The third kappa shape index (κ3) is 3.82. The van der Waals surface area contributed by atoms with Gasteiger partial charge in [-0.2, -0.15) is 0 Å². The highest BCUT2D eigenvalue weighted by atomic mass is 15.2. The molecule has 0 radical (unpaired) electrons. The summed E-state index contributed by atoms with van der Waals surface area (Å²) >= 11 is 0. The van der Waals surface area contributed by atoms with E-state index in [0.717, 1.165) is 12.0 Å². The van der Waals surface area contributed by atoms with Gasteiger partial charge >= 0.3 is 0 Å². The van der Waals surface area contributed by atoms with Gasteiger partial charge in [-0.1, -0.05) is 32.6 Å². The summed E-state index contributed by atoms with van der Waals surface area (Å²) in [6.45, 7) is 7.54. The minimum absolute atomic E-state index is 0.606. The van der Waals surface area contributed by atoms with Crippen LogP contribution < -0.4 is 5.32 Å². The van der Waals surface area contributed by atoms with E-state index < -0.39 is 0 Å². The topological polar surface area (TPSA) is 15.3 Å². The summed E-state index contributed by atoms with van der Waals surface area (Å²) in [4.78, 5) is 2.94. The minimum Gasteiger partial charge on any atom is -0.316 e. The molecule has 2 unspecified atom stereocenters. The molecule has 1 heterocycles. The second kappa shape index (κ2) is 7.46. The van der Waals surface area contributed by atoms with Gasteiger partial charge in [0.15, 0.2) is 0 Å². The van der Waals surface area contributed by atoms with Crippen LogP contribution in [-0.4, -0.2) is 37.1 Å². The smallest absolute Gasteiger partial charge is 0.0124 e. The SMILES string of the molecule is CCCNCC1(CN2CCCC3CCCCC32)CCCC1. The van der Waals surface area contributed by atoms with Crippen molar-refractivity contribution in [1.82, 2.24) is 10.2 Å². The van der Waals surface area contributed by atoms with Crippen molar-refractivity contribution in [2.45, 2.75) is 83.6 Å². The highest BCUT2D eigenvalue weighted by Crippen LogP contribution is 2.42. The first-order valence-corrected chi connectivity index (χ1v) is 9.78. The number of hydrogen-bond acceptors (Lipinski definition) is 2. The molecule has 0 aromatic carbocycles. The molecular weight excluding hydrogens is 256 g/mol. The molecule has 0 spiro atoms. The second-order valence-corrected chi connectivity index (χ2v) is 8.11. The summed E-state index contributed by atoms with van der Waals surface area (Å²) in [5.41, 5.74) is 0.606. The number of piperidine rings is 1. The van der Waals surface area contributed by atoms with Gasteiger partial charge in [-0.15, -0.1) is 0 Å². The van der Waals surface area contributed by atoms with Crippen molar-refractivity contribution in [1.29, 1.82) is 0 Å². The zero-order valence-electron chi connectivity index (χ0n) is 14.2. The Labute approximate surface area is 132 Å². The van der Waals surface area contributed by atoms with Crippen molar-refractivity contribution in [2.75, 3.05) is 26.2 Å². The van der Waals surface area contributed by atoms with Crippen LogP contribution in [0.5, 0.6) is 0 Å². The van der Waals surface area contributed by atoms with Gasteiger partial charge in [0.2, 0.25) is 0 Å². The molecule has 2 nitrogen and oxygen atoms in total. The molecule has 1 aliphatic heterocycles. The van der Waals surface area contributed by atoms with Gasteiger partial charge in [0.25, 0.3) is 0 Å². The van der Waals surface area contributed by atoms with Gasteiger partial charge in [-0.05, 0) is 69.4 Å². The first kappa shape index (κ1) is 15.8. The molecule has 3 aliphatic rings. The van der Waals surface area contributed by atoms with Crippen molar-refractivity contribution in [3.05, 3.63) is 0 Å². The quantitative estimate of drug-likeness (QED) is 0.738. The van der Waals surface area contributed by atoms with Crippen LogP contribution in [0, 0.1) is 11.3 Å². The highest BCUT2D eigenvalue weighted by Gasteiger charge is 2.40. The molecule has 21 heavy (non-hydrogen) atoms. The van der Waals surface area contributed by atoms with Crippen LogP contribution in [0.4, 0.5) is 0 Å². The van der Waals surface area contributed by atoms with E-state index >= 15 is 0 Å². The lowest BCUT2D eigenvalue weighted by atomic mass is 9.76. The summed E-state index contributed by atoms with van der Waals surface area (Å²) in [5.74, 6) is 1.04. The van der Waals surface area contributed by atoms with Gasteiger partial charge in [0.05, 0.1) is 0 Å². The standard InChI is InChI=1S/C19H36N2/c1-2-13-20-15-19(11-5-6-12-19)16-21-14-7-9-17-8-3-4-10-18(17)21/h17-18,20H,2-16H2,1H3. The molecule has 1 N–H and O–H groups in total. The van der Waals surface area contributed by atoms with Crippen LogP contribution >= 0.6 is 0 Å². The summed E-state index contributed by atoms with van der Waals surface area (Å²) in [6, 6.07) is 0.941. The van der Waals surface area contributed by atoms with Crippen LogP contribution in [-0.2, 0) is 0 Å². The van der Waals surface area contributed by atoms with Gasteiger partial charge < -0.3 is 5.32 Å². The van der Waals surface area contributed by atoms with Gasteiger partial charge in [0, 0.05) is 19.1 Å². The largest absolute Gasteiger partial charge is 0.316 e. The Kier molecular flexibility index (Phi) is 5.61.